The van der Waals surface area contributed by atoms with Crippen LogP contribution in [-0.4, -0.2) is 137 Å². The minimum atomic E-state index is -2.93. The molecule has 3 atom stereocenters. The topological polar surface area (TPSA) is 151 Å². The first-order valence-electron chi connectivity index (χ1n) is 22.3. The SMILES string of the molecule is CNc1cc(N2CCc3c(CN4CCC(N5CCC6(CCN(C(=O)c7cc(F)c(Cl)c(N8CCC(=O)NC8=O)c7)CC6)CC5)C(F)(F)C4)cccc32)nn2c(C(=O)NC3CC3F)cnc12. The molecule has 344 valence electrons. The van der Waals surface area contributed by atoms with E-state index in [1.54, 1.807) is 11.9 Å². The molecule has 10 rings (SSSR count). The van der Waals surface area contributed by atoms with Gasteiger partial charge in [0.05, 0.1) is 36.2 Å². The summed E-state index contributed by atoms with van der Waals surface area (Å²) in [6.45, 7) is 3.12. The van der Waals surface area contributed by atoms with Crippen LogP contribution < -0.4 is 25.8 Å². The number of carbonyl (C=O) groups is 4. The van der Waals surface area contributed by atoms with Gasteiger partial charge in [-0.1, -0.05) is 23.7 Å². The number of imidazole rings is 1. The summed E-state index contributed by atoms with van der Waals surface area (Å²) in [6.07, 6.45) is 4.60. The molecule has 5 aliphatic heterocycles. The number of nitrogens with zero attached hydrogens (tertiary/aromatic N) is 8. The highest BCUT2D eigenvalue weighted by Crippen LogP contribution is 2.45. The second-order valence-electron chi connectivity index (χ2n) is 18.3. The maximum Gasteiger partial charge on any atom is 0.328 e. The number of carbonyl (C=O) groups excluding carboxylic acids is 4. The number of piperidine rings is 3. The predicted octanol–water partition coefficient (Wildman–Crippen LogP) is 5.77. The van der Waals surface area contributed by atoms with E-state index in [0.29, 0.717) is 88.6 Å². The first-order chi connectivity index (χ1) is 31.2. The number of hydrogen-bond acceptors (Lipinski definition) is 10. The Morgan fingerprint density at radius 2 is 1.69 bits per heavy atom. The van der Waals surface area contributed by atoms with Crippen molar-refractivity contribution in [3.05, 3.63) is 75.8 Å². The average Bonchev–Trinajstić information content (AvgIpc) is 3.59. The molecule has 1 aliphatic carbocycles. The summed E-state index contributed by atoms with van der Waals surface area (Å²) >= 11 is 6.21. The number of halogens is 5. The zero-order valence-corrected chi connectivity index (χ0v) is 36.7. The van der Waals surface area contributed by atoms with Crippen molar-refractivity contribution in [2.45, 2.75) is 82.1 Å². The Labute approximate surface area is 377 Å². The van der Waals surface area contributed by atoms with Gasteiger partial charge in [0.25, 0.3) is 17.7 Å². The van der Waals surface area contributed by atoms with E-state index in [-0.39, 0.29) is 59.2 Å². The molecule has 2 aromatic heterocycles. The maximum absolute atomic E-state index is 16.2. The third kappa shape index (κ3) is 8.13. The van der Waals surface area contributed by atoms with Crippen LogP contribution >= 0.6 is 11.6 Å². The lowest BCUT2D eigenvalue weighted by atomic mass is 9.70. The standard InChI is InChI=1S/C45H50ClF4N11O4/c1-51-32-22-37(55-61-35(23-52-40(32)61)41(63)53-31-21-29(31)47)59-13-5-28-26(3-2-4-33(28)59)24-56-12-6-36(45(49,50)25-56)57-15-8-44(9-16-57)10-17-58(18-11-44)42(64)27-19-30(48)39(46)34(20-27)60-14-7-38(62)54-43(60)65/h2-4,19-20,22-23,29,31,36,51H,5-18,21,24-25H2,1H3,(H,53,63)(H,54,62,65). The van der Waals surface area contributed by atoms with E-state index in [9.17, 15) is 28.0 Å². The molecule has 1 saturated carbocycles. The van der Waals surface area contributed by atoms with Crippen molar-refractivity contribution >= 4 is 63.9 Å². The molecular formula is C45H50ClF4N11O4. The van der Waals surface area contributed by atoms with Crippen LogP contribution in [0.5, 0.6) is 0 Å². The van der Waals surface area contributed by atoms with E-state index < -0.39 is 47.8 Å². The molecule has 65 heavy (non-hydrogen) atoms. The minimum absolute atomic E-state index is 0.00661. The lowest BCUT2D eigenvalue weighted by Crippen LogP contribution is -2.60. The van der Waals surface area contributed by atoms with Gasteiger partial charge in [-0.05, 0) is 86.4 Å². The molecule has 0 radical (unpaired) electrons. The number of hydrogen-bond donors (Lipinski definition) is 3. The van der Waals surface area contributed by atoms with Crippen LogP contribution in [0, 0.1) is 11.2 Å². The fourth-order valence-corrected chi connectivity index (χ4v) is 10.8. The third-order valence-electron chi connectivity index (χ3n) is 14.4. The number of rotatable bonds is 9. The smallest absolute Gasteiger partial charge is 0.328 e. The van der Waals surface area contributed by atoms with Crippen molar-refractivity contribution in [3.63, 3.8) is 0 Å². The molecule has 15 nitrogen and oxygen atoms in total. The van der Waals surface area contributed by atoms with Gasteiger partial charge in [0.2, 0.25) is 5.91 Å². The molecule has 0 bridgehead atoms. The van der Waals surface area contributed by atoms with Crippen molar-refractivity contribution in [1.82, 2.24) is 39.9 Å². The Morgan fingerprint density at radius 3 is 2.40 bits per heavy atom. The van der Waals surface area contributed by atoms with Gasteiger partial charge in [-0.3, -0.25) is 34.4 Å². The Bertz CT molecular complexity index is 2580. The Hall–Kier alpha value is -5.53. The molecule has 6 aliphatic rings. The zero-order chi connectivity index (χ0) is 45.4. The monoisotopic (exact) mass is 919 g/mol. The lowest BCUT2D eigenvalue weighted by molar-refractivity contribution is -0.139. The van der Waals surface area contributed by atoms with E-state index in [1.165, 1.54) is 16.8 Å². The lowest BCUT2D eigenvalue weighted by Gasteiger charge is -2.51. The van der Waals surface area contributed by atoms with E-state index in [1.807, 2.05) is 34.1 Å². The first-order valence-corrected chi connectivity index (χ1v) is 22.7. The van der Waals surface area contributed by atoms with Crippen LogP contribution in [0.4, 0.5) is 45.2 Å². The molecule has 4 aromatic rings. The van der Waals surface area contributed by atoms with Crippen LogP contribution in [0.3, 0.4) is 0 Å². The summed E-state index contributed by atoms with van der Waals surface area (Å²) in [4.78, 5) is 63.9. The number of likely N-dealkylation sites (tertiary alicyclic amines) is 3. The summed E-state index contributed by atoms with van der Waals surface area (Å²) in [6, 6.07) is 8.16. The summed E-state index contributed by atoms with van der Waals surface area (Å²) in [5, 5.41) is 12.5. The largest absolute Gasteiger partial charge is 0.385 e. The number of alkyl halides is 3. The zero-order valence-electron chi connectivity index (χ0n) is 35.9. The molecule has 3 N–H and O–H groups in total. The summed E-state index contributed by atoms with van der Waals surface area (Å²) < 4.78 is 62.5. The van der Waals surface area contributed by atoms with Crippen LogP contribution in [0.2, 0.25) is 5.02 Å². The number of urea groups is 1. The van der Waals surface area contributed by atoms with E-state index in [2.05, 4.69) is 25.8 Å². The van der Waals surface area contributed by atoms with Gasteiger partial charge in [0, 0.05) is 76.5 Å². The Morgan fingerprint density at radius 1 is 0.954 bits per heavy atom. The van der Waals surface area contributed by atoms with Crippen molar-refractivity contribution in [2.75, 3.05) is 74.5 Å². The van der Waals surface area contributed by atoms with Crippen molar-refractivity contribution < 1.29 is 36.7 Å². The summed E-state index contributed by atoms with van der Waals surface area (Å²) in [7, 11) is 1.76. The van der Waals surface area contributed by atoms with Crippen LogP contribution in [0.15, 0.2) is 42.6 Å². The van der Waals surface area contributed by atoms with Crippen LogP contribution in [-0.2, 0) is 17.8 Å². The summed E-state index contributed by atoms with van der Waals surface area (Å²) in [5.74, 6) is -4.46. The number of aromatic nitrogens is 3. The number of anilines is 4. The number of nitrogens with one attached hydrogen (secondary N) is 3. The van der Waals surface area contributed by atoms with E-state index in [4.69, 9.17) is 16.7 Å². The second-order valence-corrected chi connectivity index (χ2v) is 18.7. The first kappa shape index (κ1) is 43.4. The highest BCUT2D eigenvalue weighted by atomic mass is 35.5. The molecule has 20 heteroatoms. The van der Waals surface area contributed by atoms with Gasteiger partial charge in [0.1, 0.15) is 17.0 Å². The van der Waals surface area contributed by atoms with Gasteiger partial charge >= 0.3 is 6.03 Å². The normalized spacial score (nSPS) is 24.3. The number of imide groups is 1. The van der Waals surface area contributed by atoms with E-state index in [0.717, 1.165) is 40.6 Å². The number of fused-ring (bicyclic) bond motifs is 2. The number of benzene rings is 2. The van der Waals surface area contributed by atoms with Gasteiger partial charge in [0.15, 0.2) is 17.2 Å². The highest BCUT2D eigenvalue weighted by molar-refractivity contribution is 6.34. The predicted molar refractivity (Wildman–Crippen MR) is 234 cm³/mol. The molecule has 4 saturated heterocycles. The van der Waals surface area contributed by atoms with Crippen molar-refractivity contribution in [1.29, 1.82) is 0 Å². The Balaban J connectivity index is 0.750. The fraction of sp³-hybridized carbons (Fsp3) is 0.511. The van der Waals surface area contributed by atoms with E-state index >= 15 is 8.78 Å². The second kappa shape index (κ2) is 16.7. The fourth-order valence-electron chi connectivity index (χ4n) is 10.6. The quantitative estimate of drug-likeness (QED) is 0.177. The van der Waals surface area contributed by atoms with Crippen LogP contribution in [0.25, 0.3) is 5.65 Å². The Kier molecular flexibility index (Phi) is 11.2. The molecule has 3 unspecified atom stereocenters. The minimum Gasteiger partial charge on any atom is -0.385 e. The van der Waals surface area contributed by atoms with Crippen LogP contribution in [0.1, 0.15) is 76.9 Å². The molecule has 5 fully saturated rings. The van der Waals surface area contributed by atoms with Gasteiger partial charge in [-0.2, -0.15) is 0 Å². The maximum atomic E-state index is 16.2. The molecule has 1 spiro atoms. The molecule has 7 heterocycles. The van der Waals surface area contributed by atoms with Gasteiger partial charge in [-0.25, -0.2) is 31.9 Å². The van der Waals surface area contributed by atoms with Gasteiger partial charge in [-0.15, -0.1) is 5.10 Å². The number of amides is 5. The average molecular weight is 920 g/mol. The third-order valence-corrected chi connectivity index (χ3v) is 14.8. The molecule has 2 aromatic carbocycles. The van der Waals surface area contributed by atoms with Crippen molar-refractivity contribution in [3.8, 4) is 0 Å². The highest BCUT2D eigenvalue weighted by Gasteiger charge is 2.50. The van der Waals surface area contributed by atoms with Gasteiger partial charge < -0.3 is 20.4 Å². The summed E-state index contributed by atoms with van der Waals surface area (Å²) in [5.41, 5.74) is 4.31. The van der Waals surface area contributed by atoms with Crippen molar-refractivity contribution in [2.24, 2.45) is 5.41 Å². The molecular weight excluding hydrogens is 870 g/mol. The molecule has 5 amide bonds.